The molecule has 0 aromatic heterocycles. The molecule has 0 aliphatic heterocycles. The second-order valence-electron chi connectivity index (χ2n) is 5.96. The Morgan fingerprint density at radius 2 is 1.19 bits per heavy atom. The Hall–Kier alpha value is -2.98. The predicted molar refractivity (Wildman–Crippen MR) is 104 cm³/mol. The molecule has 0 saturated carbocycles. The molecule has 3 rings (SSSR count). The van der Waals surface area contributed by atoms with Crippen LogP contribution in [0.25, 0.3) is 0 Å². The number of phenolic OH excluding ortho intramolecular Hbond substituents is 2. The van der Waals surface area contributed by atoms with Crippen molar-refractivity contribution < 1.29 is 20.4 Å². The fourth-order valence-corrected chi connectivity index (χ4v) is 2.01. The van der Waals surface area contributed by atoms with E-state index in [9.17, 15) is 0 Å². The maximum absolute atomic E-state index is 9.07. The third kappa shape index (κ3) is 8.22. The molecule has 4 heteroatoms. The lowest BCUT2D eigenvalue weighted by atomic mass is 10.1. The van der Waals surface area contributed by atoms with E-state index in [0.717, 1.165) is 11.1 Å². The summed E-state index contributed by atoms with van der Waals surface area (Å²) in [5, 5.41) is 35.3. The van der Waals surface area contributed by atoms with Crippen molar-refractivity contribution in [2.45, 2.75) is 27.4 Å². The largest absolute Gasteiger partial charge is 0.508 e. The molecule has 4 N–H and O–H groups in total. The summed E-state index contributed by atoms with van der Waals surface area (Å²) >= 11 is 0. The third-order valence-corrected chi connectivity index (χ3v) is 3.44. The molecular weight excluding hydrogens is 328 g/mol. The molecule has 0 saturated heterocycles. The van der Waals surface area contributed by atoms with Crippen molar-refractivity contribution in [3.05, 3.63) is 89.0 Å². The normalized spacial score (nSPS) is 9.38. The summed E-state index contributed by atoms with van der Waals surface area (Å²) in [4.78, 5) is 0. The van der Waals surface area contributed by atoms with E-state index in [0.29, 0.717) is 17.1 Å². The van der Waals surface area contributed by atoms with Gasteiger partial charge in [0.2, 0.25) is 0 Å². The van der Waals surface area contributed by atoms with Crippen LogP contribution in [0, 0.1) is 20.8 Å². The first kappa shape index (κ1) is 21.1. The van der Waals surface area contributed by atoms with E-state index in [4.69, 9.17) is 20.4 Å². The summed E-state index contributed by atoms with van der Waals surface area (Å²) in [7, 11) is 0. The van der Waals surface area contributed by atoms with Crippen molar-refractivity contribution >= 4 is 0 Å². The van der Waals surface area contributed by atoms with Crippen LogP contribution in [-0.2, 0) is 6.61 Å². The van der Waals surface area contributed by atoms with Gasteiger partial charge in [-0.15, -0.1) is 0 Å². The average molecular weight is 354 g/mol. The van der Waals surface area contributed by atoms with Gasteiger partial charge in [0.25, 0.3) is 0 Å². The van der Waals surface area contributed by atoms with Crippen molar-refractivity contribution in [1.82, 2.24) is 0 Å². The first-order chi connectivity index (χ1) is 12.3. The standard InChI is InChI=1S/C8H10O2.2C7H8O/c1-6-2-3-8(10)7(4-6)5-9;1-6-2-4-7(8)5-3-6;1-6-3-2-4-7(8)5-6/h2-4,9-10H,5H2,1H3;2*2-5,8H,1H3. The monoisotopic (exact) mass is 354 g/mol. The number of aromatic hydroxyl groups is 3. The predicted octanol–water partition coefficient (Wildman–Crippen LogP) is 4.59. The second-order valence-corrected chi connectivity index (χ2v) is 5.96. The molecule has 26 heavy (non-hydrogen) atoms. The van der Waals surface area contributed by atoms with Crippen molar-refractivity contribution in [3.8, 4) is 17.2 Å². The van der Waals surface area contributed by atoms with Crippen LogP contribution in [0.5, 0.6) is 17.2 Å². The topological polar surface area (TPSA) is 80.9 Å². The van der Waals surface area contributed by atoms with Crippen molar-refractivity contribution in [2.75, 3.05) is 0 Å². The molecule has 138 valence electrons. The zero-order chi connectivity index (χ0) is 19.5. The first-order valence-corrected chi connectivity index (χ1v) is 8.22. The van der Waals surface area contributed by atoms with Gasteiger partial charge in [-0.1, -0.05) is 47.5 Å². The van der Waals surface area contributed by atoms with E-state index >= 15 is 0 Å². The van der Waals surface area contributed by atoms with E-state index in [1.807, 2.05) is 45.0 Å². The summed E-state index contributed by atoms with van der Waals surface area (Å²) in [5.41, 5.74) is 3.88. The van der Waals surface area contributed by atoms with Gasteiger partial charge >= 0.3 is 0 Å². The van der Waals surface area contributed by atoms with Gasteiger partial charge in [0.05, 0.1) is 6.61 Å². The van der Waals surface area contributed by atoms with Gasteiger partial charge in [0.15, 0.2) is 0 Å². The molecule has 4 nitrogen and oxygen atoms in total. The first-order valence-electron chi connectivity index (χ1n) is 8.22. The van der Waals surface area contributed by atoms with Crippen LogP contribution in [0.15, 0.2) is 66.7 Å². The molecule has 0 bridgehead atoms. The average Bonchev–Trinajstić information content (AvgIpc) is 2.60. The van der Waals surface area contributed by atoms with E-state index in [-0.39, 0.29) is 12.4 Å². The van der Waals surface area contributed by atoms with E-state index in [1.165, 1.54) is 5.56 Å². The maximum Gasteiger partial charge on any atom is 0.121 e. The molecule has 0 radical (unpaired) electrons. The van der Waals surface area contributed by atoms with Crippen LogP contribution in [0.1, 0.15) is 22.3 Å². The number of phenols is 3. The molecule has 0 fully saturated rings. The van der Waals surface area contributed by atoms with Crippen LogP contribution < -0.4 is 0 Å². The minimum atomic E-state index is -0.104. The highest BCUT2D eigenvalue weighted by molar-refractivity contribution is 5.34. The molecular formula is C22H26O4. The fraction of sp³-hybridized carbons (Fsp3) is 0.182. The number of rotatable bonds is 1. The molecule has 3 aromatic carbocycles. The Morgan fingerprint density at radius 1 is 0.615 bits per heavy atom. The van der Waals surface area contributed by atoms with Crippen LogP contribution in [0.3, 0.4) is 0 Å². The summed E-state index contributed by atoms with van der Waals surface area (Å²) in [6.45, 7) is 5.74. The Labute approximate surface area is 154 Å². The van der Waals surface area contributed by atoms with Gasteiger partial charge in [0.1, 0.15) is 17.2 Å². The van der Waals surface area contributed by atoms with Crippen LogP contribution in [0.4, 0.5) is 0 Å². The number of benzene rings is 3. The SMILES string of the molecule is Cc1ccc(O)c(CO)c1.Cc1ccc(O)cc1.Cc1cccc(O)c1. The van der Waals surface area contributed by atoms with Crippen LogP contribution >= 0.6 is 0 Å². The number of hydrogen-bond acceptors (Lipinski definition) is 4. The zero-order valence-corrected chi connectivity index (χ0v) is 15.3. The molecule has 0 heterocycles. The van der Waals surface area contributed by atoms with E-state index in [2.05, 4.69) is 0 Å². The minimum Gasteiger partial charge on any atom is -0.508 e. The highest BCUT2D eigenvalue weighted by Crippen LogP contribution is 2.17. The number of hydrogen-bond donors (Lipinski definition) is 4. The van der Waals surface area contributed by atoms with E-state index < -0.39 is 0 Å². The maximum atomic E-state index is 9.07. The summed E-state index contributed by atoms with van der Waals surface area (Å²) in [6, 6.07) is 19.4. The number of aliphatic hydroxyl groups excluding tert-OH is 1. The Morgan fingerprint density at radius 3 is 1.62 bits per heavy atom. The van der Waals surface area contributed by atoms with Crippen molar-refractivity contribution in [1.29, 1.82) is 0 Å². The second kappa shape index (κ2) is 10.8. The molecule has 0 unspecified atom stereocenters. The summed E-state index contributed by atoms with van der Waals surface area (Å²) in [5.74, 6) is 0.828. The minimum absolute atomic E-state index is 0.104. The highest BCUT2D eigenvalue weighted by atomic mass is 16.3. The quantitative estimate of drug-likeness (QED) is 0.515. The molecule has 0 amide bonds. The van der Waals surface area contributed by atoms with Gasteiger partial charge in [-0.25, -0.2) is 0 Å². The van der Waals surface area contributed by atoms with Gasteiger partial charge < -0.3 is 20.4 Å². The Bertz CT molecular complexity index is 757. The summed E-state index contributed by atoms with van der Waals surface area (Å²) < 4.78 is 0. The Balaban J connectivity index is 0.000000197. The molecule has 0 aliphatic carbocycles. The molecule has 0 atom stereocenters. The highest BCUT2D eigenvalue weighted by Gasteiger charge is 1.97. The number of aliphatic hydroxyl groups is 1. The third-order valence-electron chi connectivity index (χ3n) is 3.44. The molecule has 3 aromatic rings. The van der Waals surface area contributed by atoms with Crippen LogP contribution in [-0.4, -0.2) is 20.4 Å². The smallest absolute Gasteiger partial charge is 0.121 e. The lowest BCUT2D eigenvalue weighted by molar-refractivity contribution is 0.275. The lowest BCUT2D eigenvalue weighted by Gasteiger charge is -2.00. The number of aryl methyl sites for hydroxylation is 3. The van der Waals surface area contributed by atoms with E-state index in [1.54, 1.807) is 42.5 Å². The van der Waals surface area contributed by atoms with Gasteiger partial charge in [-0.3, -0.25) is 0 Å². The van der Waals surface area contributed by atoms with Gasteiger partial charge in [-0.05, 0) is 56.7 Å². The summed E-state index contributed by atoms with van der Waals surface area (Å²) in [6.07, 6.45) is 0. The Kier molecular flexibility index (Phi) is 8.75. The van der Waals surface area contributed by atoms with Crippen molar-refractivity contribution in [2.24, 2.45) is 0 Å². The fourth-order valence-electron chi connectivity index (χ4n) is 2.01. The zero-order valence-electron chi connectivity index (χ0n) is 15.3. The van der Waals surface area contributed by atoms with Gasteiger partial charge in [-0.2, -0.15) is 0 Å². The van der Waals surface area contributed by atoms with Gasteiger partial charge in [0, 0.05) is 5.56 Å². The molecule has 0 aliphatic rings. The lowest BCUT2D eigenvalue weighted by Crippen LogP contribution is -1.84. The molecule has 0 spiro atoms. The van der Waals surface area contributed by atoms with Crippen LogP contribution in [0.2, 0.25) is 0 Å². The van der Waals surface area contributed by atoms with Crippen molar-refractivity contribution in [3.63, 3.8) is 0 Å².